The topological polar surface area (TPSA) is 52.6 Å². The Morgan fingerprint density at radius 1 is 1.24 bits per heavy atom. The van der Waals surface area contributed by atoms with Crippen LogP contribution in [0.15, 0.2) is 0 Å². The first kappa shape index (κ1) is 14.9. The van der Waals surface area contributed by atoms with Crippen LogP contribution in [0.4, 0.5) is 0 Å². The minimum atomic E-state index is -2.92. The van der Waals surface area contributed by atoms with Gasteiger partial charge in [0.05, 0.1) is 25.1 Å². The molecule has 0 aliphatic heterocycles. The van der Waals surface area contributed by atoms with Crippen LogP contribution in [0.25, 0.3) is 0 Å². The van der Waals surface area contributed by atoms with Crippen molar-refractivity contribution in [3.63, 3.8) is 0 Å². The first-order valence-electron chi connectivity index (χ1n) is 6.40. The second-order valence-electron chi connectivity index (χ2n) is 4.74. The smallest absolute Gasteiger partial charge is 0.149 e. The molecule has 17 heavy (non-hydrogen) atoms. The van der Waals surface area contributed by atoms with E-state index < -0.39 is 9.84 Å². The van der Waals surface area contributed by atoms with E-state index in [9.17, 15) is 8.42 Å². The van der Waals surface area contributed by atoms with Crippen molar-refractivity contribution in [3.8, 4) is 0 Å². The first-order valence-corrected chi connectivity index (χ1v) is 8.46. The third kappa shape index (κ3) is 6.38. The van der Waals surface area contributed by atoms with Crippen LogP contribution in [0, 0.1) is 5.92 Å². The predicted molar refractivity (Wildman–Crippen MR) is 67.9 cm³/mol. The Bertz CT molecular complexity index is 300. The molecule has 2 unspecified atom stereocenters. The van der Waals surface area contributed by atoms with E-state index in [4.69, 9.17) is 9.47 Å². The van der Waals surface area contributed by atoms with Crippen LogP contribution in [0.1, 0.15) is 32.6 Å². The molecule has 0 amide bonds. The summed E-state index contributed by atoms with van der Waals surface area (Å²) in [5.74, 6) is 0.550. The maximum absolute atomic E-state index is 11.0. The van der Waals surface area contributed by atoms with Gasteiger partial charge in [-0.05, 0) is 19.8 Å². The van der Waals surface area contributed by atoms with Crippen LogP contribution in [-0.2, 0) is 19.3 Å². The van der Waals surface area contributed by atoms with Crippen molar-refractivity contribution in [2.45, 2.75) is 38.7 Å². The van der Waals surface area contributed by atoms with Crippen molar-refractivity contribution in [2.75, 3.05) is 31.8 Å². The Balaban J connectivity index is 2.32. The van der Waals surface area contributed by atoms with E-state index in [2.05, 4.69) is 0 Å². The van der Waals surface area contributed by atoms with Gasteiger partial charge in [-0.2, -0.15) is 0 Å². The van der Waals surface area contributed by atoms with Crippen LogP contribution in [0.3, 0.4) is 0 Å². The van der Waals surface area contributed by atoms with Crippen LogP contribution in [0.5, 0.6) is 0 Å². The van der Waals surface area contributed by atoms with E-state index in [1.165, 1.54) is 19.1 Å². The maximum atomic E-state index is 11.0. The summed E-state index contributed by atoms with van der Waals surface area (Å²) in [4.78, 5) is 0. The molecule has 2 atom stereocenters. The van der Waals surface area contributed by atoms with E-state index in [1.54, 1.807) is 0 Å². The summed E-state index contributed by atoms with van der Waals surface area (Å²) in [5, 5.41) is 0. The summed E-state index contributed by atoms with van der Waals surface area (Å²) in [6.07, 6.45) is 5.98. The van der Waals surface area contributed by atoms with Gasteiger partial charge in [0, 0.05) is 18.8 Å². The molecule has 102 valence electrons. The summed E-state index contributed by atoms with van der Waals surface area (Å²) in [6.45, 7) is 3.76. The lowest BCUT2D eigenvalue weighted by Gasteiger charge is -2.31. The van der Waals surface area contributed by atoms with Gasteiger partial charge < -0.3 is 9.47 Å². The highest BCUT2D eigenvalue weighted by molar-refractivity contribution is 7.90. The second-order valence-corrected chi connectivity index (χ2v) is 7.00. The lowest BCUT2D eigenvalue weighted by Crippen LogP contribution is -2.32. The summed E-state index contributed by atoms with van der Waals surface area (Å²) >= 11 is 0. The van der Waals surface area contributed by atoms with Crippen LogP contribution in [-0.4, -0.2) is 46.4 Å². The minimum absolute atomic E-state index is 0.116. The molecule has 1 rings (SSSR count). The zero-order chi connectivity index (χ0) is 12.7. The molecule has 0 aromatic carbocycles. The van der Waals surface area contributed by atoms with E-state index in [1.807, 2.05) is 6.92 Å². The van der Waals surface area contributed by atoms with Gasteiger partial charge in [0.15, 0.2) is 0 Å². The maximum Gasteiger partial charge on any atom is 0.149 e. The Hall–Kier alpha value is -0.130. The zero-order valence-corrected chi connectivity index (χ0v) is 11.7. The van der Waals surface area contributed by atoms with E-state index in [0.29, 0.717) is 12.5 Å². The number of sulfone groups is 1. The van der Waals surface area contributed by atoms with Gasteiger partial charge in [0.2, 0.25) is 0 Å². The SMILES string of the molecule is CCOCC1CCCCC1OCCS(C)(=O)=O. The molecular formula is C12H24O4S. The van der Waals surface area contributed by atoms with Crippen molar-refractivity contribution < 1.29 is 17.9 Å². The van der Waals surface area contributed by atoms with E-state index >= 15 is 0 Å². The molecule has 1 saturated carbocycles. The molecule has 0 bridgehead atoms. The molecule has 0 aromatic rings. The molecule has 5 heteroatoms. The summed E-state index contributed by atoms with van der Waals surface area (Å²) in [7, 11) is -2.92. The molecule has 0 heterocycles. The normalized spacial score (nSPS) is 26.0. The van der Waals surface area contributed by atoms with Crippen molar-refractivity contribution in [1.82, 2.24) is 0 Å². The molecule has 0 radical (unpaired) electrons. The van der Waals surface area contributed by atoms with Crippen molar-refractivity contribution in [2.24, 2.45) is 5.92 Å². The van der Waals surface area contributed by atoms with E-state index in [-0.39, 0.29) is 11.9 Å². The lowest BCUT2D eigenvalue weighted by molar-refractivity contribution is -0.0359. The van der Waals surface area contributed by atoms with Crippen LogP contribution in [0.2, 0.25) is 0 Å². The molecule has 0 aromatic heterocycles. The Kier molecular flexibility index (Phi) is 6.44. The van der Waals surface area contributed by atoms with Crippen molar-refractivity contribution in [3.05, 3.63) is 0 Å². The zero-order valence-electron chi connectivity index (χ0n) is 10.9. The summed E-state index contributed by atoms with van der Waals surface area (Å²) in [5.41, 5.74) is 0. The molecule has 1 aliphatic carbocycles. The average Bonchev–Trinajstić information content (AvgIpc) is 2.26. The van der Waals surface area contributed by atoms with Crippen molar-refractivity contribution in [1.29, 1.82) is 0 Å². The highest BCUT2D eigenvalue weighted by Crippen LogP contribution is 2.27. The minimum Gasteiger partial charge on any atom is -0.381 e. The molecule has 1 aliphatic rings. The van der Waals surface area contributed by atoms with Crippen molar-refractivity contribution >= 4 is 9.84 Å². The van der Waals surface area contributed by atoms with Gasteiger partial charge in [-0.1, -0.05) is 12.8 Å². The number of rotatable bonds is 7. The fourth-order valence-corrected chi connectivity index (χ4v) is 2.60. The number of hydrogen-bond acceptors (Lipinski definition) is 4. The third-order valence-electron chi connectivity index (χ3n) is 3.16. The standard InChI is InChI=1S/C12H24O4S/c1-3-15-10-11-6-4-5-7-12(11)16-8-9-17(2,13)14/h11-12H,3-10H2,1-2H3. The molecule has 0 spiro atoms. The quantitative estimate of drug-likeness (QED) is 0.701. The average molecular weight is 264 g/mol. The molecular weight excluding hydrogens is 240 g/mol. The fourth-order valence-electron chi connectivity index (χ4n) is 2.20. The molecule has 1 fully saturated rings. The third-order valence-corrected chi connectivity index (χ3v) is 4.07. The van der Waals surface area contributed by atoms with Crippen LogP contribution < -0.4 is 0 Å². The monoisotopic (exact) mass is 264 g/mol. The number of ether oxygens (including phenoxy) is 2. The van der Waals surface area contributed by atoms with Gasteiger partial charge >= 0.3 is 0 Å². The fraction of sp³-hybridized carbons (Fsp3) is 1.00. The highest BCUT2D eigenvalue weighted by Gasteiger charge is 2.26. The summed E-state index contributed by atoms with van der Waals surface area (Å²) in [6, 6.07) is 0. The van der Waals surface area contributed by atoms with Gasteiger partial charge in [-0.25, -0.2) is 8.42 Å². The molecule has 0 N–H and O–H groups in total. The Morgan fingerprint density at radius 3 is 2.59 bits per heavy atom. The van der Waals surface area contributed by atoms with E-state index in [0.717, 1.165) is 26.1 Å². The predicted octanol–water partition coefficient (Wildman–Crippen LogP) is 1.64. The summed E-state index contributed by atoms with van der Waals surface area (Å²) < 4.78 is 33.2. The number of hydrogen-bond donors (Lipinski definition) is 0. The van der Waals surface area contributed by atoms with Gasteiger partial charge in [0.1, 0.15) is 9.84 Å². The van der Waals surface area contributed by atoms with Gasteiger partial charge in [-0.15, -0.1) is 0 Å². The van der Waals surface area contributed by atoms with Gasteiger partial charge in [0.25, 0.3) is 0 Å². The largest absolute Gasteiger partial charge is 0.381 e. The second kappa shape index (κ2) is 7.34. The van der Waals surface area contributed by atoms with Crippen LogP contribution >= 0.6 is 0 Å². The Morgan fingerprint density at radius 2 is 1.94 bits per heavy atom. The lowest BCUT2D eigenvalue weighted by atomic mass is 9.87. The van der Waals surface area contributed by atoms with Gasteiger partial charge in [-0.3, -0.25) is 0 Å². The highest BCUT2D eigenvalue weighted by atomic mass is 32.2. The first-order chi connectivity index (χ1) is 8.03. The molecule has 0 saturated heterocycles. The molecule has 4 nitrogen and oxygen atoms in total. The Labute approximate surface area is 105 Å².